The van der Waals surface area contributed by atoms with Crippen molar-refractivity contribution in [1.82, 2.24) is 19.7 Å². The van der Waals surface area contributed by atoms with Crippen molar-refractivity contribution in [2.24, 2.45) is 5.10 Å². The highest BCUT2D eigenvalue weighted by Crippen LogP contribution is 2.12. The summed E-state index contributed by atoms with van der Waals surface area (Å²) in [5, 5.41) is 8.45. The van der Waals surface area contributed by atoms with Crippen LogP contribution in [0.15, 0.2) is 54.2 Å². The highest BCUT2D eigenvalue weighted by Gasteiger charge is 2.01. The molecule has 2 aromatic heterocycles. The molecular formula is C17H19N7. The van der Waals surface area contributed by atoms with Gasteiger partial charge in [-0.15, -0.1) is 0 Å². The largest absolute Gasteiger partial charge is 0.378 e. The van der Waals surface area contributed by atoms with Gasteiger partial charge in [0.05, 0.1) is 12.4 Å². The molecule has 0 bridgehead atoms. The highest BCUT2D eigenvalue weighted by molar-refractivity contribution is 5.80. The molecule has 7 heteroatoms. The van der Waals surface area contributed by atoms with E-state index in [0.29, 0.717) is 11.6 Å². The number of nitrogens with zero attached hydrogens (tertiary/aromatic N) is 6. The Labute approximate surface area is 140 Å². The molecule has 0 saturated carbocycles. The van der Waals surface area contributed by atoms with Crippen LogP contribution in [0.1, 0.15) is 11.1 Å². The van der Waals surface area contributed by atoms with Crippen molar-refractivity contribution in [3.8, 4) is 5.82 Å². The third kappa shape index (κ3) is 3.75. The van der Waals surface area contributed by atoms with Crippen LogP contribution in [-0.2, 0) is 0 Å². The lowest BCUT2D eigenvalue weighted by atomic mass is 10.2. The van der Waals surface area contributed by atoms with Crippen molar-refractivity contribution >= 4 is 17.7 Å². The van der Waals surface area contributed by atoms with Crippen LogP contribution in [0.2, 0.25) is 0 Å². The SMILES string of the molecule is Cc1cnn(-c2cc(NN=Cc3ccc(N(C)C)cc3)ncn2)c1. The summed E-state index contributed by atoms with van der Waals surface area (Å²) in [6, 6.07) is 9.91. The van der Waals surface area contributed by atoms with E-state index in [1.807, 2.05) is 51.5 Å². The first-order valence-corrected chi connectivity index (χ1v) is 7.52. The van der Waals surface area contributed by atoms with E-state index in [1.54, 1.807) is 23.2 Å². The number of benzene rings is 1. The molecule has 0 aliphatic carbocycles. The number of hydrazone groups is 1. The van der Waals surface area contributed by atoms with E-state index in [9.17, 15) is 0 Å². The zero-order valence-corrected chi connectivity index (χ0v) is 13.9. The van der Waals surface area contributed by atoms with E-state index in [2.05, 4.69) is 30.5 Å². The Kier molecular flexibility index (Phi) is 4.51. The highest BCUT2D eigenvalue weighted by atomic mass is 15.3. The summed E-state index contributed by atoms with van der Waals surface area (Å²) < 4.78 is 1.70. The van der Waals surface area contributed by atoms with Gasteiger partial charge in [-0.3, -0.25) is 5.43 Å². The van der Waals surface area contributed by atoms with Crippen LogP contribution >= 0.6 is 0 Å². The maximum Gasteiger partial charge on any atom is 0.158 e. The van der Waals surface area contributed by atoms with Crippen LogP contribution in [0.25, 0.3) is 5.82 Å². The van der Waals surface area contributed by atoms with Crippen molar-refractivity contribution in [3.63, 3.8) is 0 Å². The average molecular weight is 321 g/mol. The molecule has 1 N–H and O–H groups in total. The molecule has 1 aromatic carbocycles. The minimum Gasteiger partial charge on any atom is -0.378 e. The number of nitrogens with one attached hydrogen (secondary N) is 1. The Morgan fingerprint density at radius 1 is 1.17 bits per heavy atom. The third-order valence-electron chi connectivity index (χ3n) is 3.40. The van der Waals surface area contributed by atoms with Crippen molar-refractivity contribution in [3.05, 3.63) is 60.2 Å². The molecule has 24 heavy (non-hydrogen) atoms. The molecule has 0 aliphatic heterocycles. The van der Waals surface area contributed by atoms with Gasteiger partial charge in [0.1, 0.15) is 6.33 Å². The van der Waals surface area contributed by atoms with Crippen molar-refractivity contribution < 1.29 is 0 Å². The molecule has 0 atom stereocenters. The van der Waals surface area contributed by atoms with Gasteiger partial charge in [0.25, 0.3) is 0 Å². The maximum atomic E-state index is 4.23. The van der Waals surface area contributed by atoms with Gasteiger partial charge in [0.15, 0.2) is 11.6 Å². The summed E-state index contributed by atoms with van der Waals surface area (Å²) in [6.45, 7) is 1.98. The maximum absolute atomic E-state index is 4.23. The number of hydrogen-bond acceptors (Lipinski definition) is 6. The van der Waals surface area contributed by atoms with Gasteiger partial charge in [0.2, 0.25) is 0 Å². The normalized spacial score (nSPS) is 11.0. The first-order valence-electron chi connectivity index (χ1n) is 7.52. The molecule has 3 aromatic rings. The van der Waals surface area contributed by atoms with Gasteiger partial charge in [-0.1, -0.05) is 12.1 Å². The van der Waals surface area contributed by atoms with Crippen LogP contribution in [0.4, 0.5) is 11.5 Å². The summed E-state index contributed by atoms with van der Waals surface area (Å²) in [6.07, 6.45) is 6.92. The molecule has 2 heterocycles. The molecule has 0 saturated heterocycles. The summed E-state index contributed by atoms with van der Waals surface area (Å²) >= 11 is 0. The zero-order valence-electron chi connectivity index (χ0n) is 13.9. The summed E-state index contributed by atoms with van der Waals surface area (Å²) in [4.78, 5) is 10.4. The average Bonchev–Trinajstić information content (AvgIpc) is 3.02. The fraction of sp³-hybridized carbons (Fsp3) is 0.176. The second kappa shape index (κ2) is 6.91. The molecule has 0 fully saturated rings. The van der Waals surface area contributed by atoms with Gasteiger partial charge >= 0.3 is 0 Å². The van der Waals surface area contributed by atoms with Crippen LogP contribution in [0, 0.1) is 6.92 Å². The summed E-state index contributed by atoms with van der Waals surface area (Å²) in [5.74, 6) is 1.29. The van der Waals surface area contributed by atoms with Crippen molar-refractivity contribution in [2.75, 3.05) is 24.4 Å². The van der Waals surface area contributed by atoms with Crippen molar-refractivity contribution in [1.29, 1.82) is 0 Å². The van der Waals surface area contributed by atoms with Gasteiger partial charge in [0, 0.05) is 32.0 Å². The predicted octanol–water partition coefficient (Wildman–Crippen LogP) is 2.48. The fourth-order valence-corrected chi connectivity index (χ4v) is 2.10. The topological polar surface area (TPSA) is 71.2 Å². The van der Waals surface area contributed by atoms with Gasteiger partial charge in [-0.05, 0) is 30.2 Å². The van der Waals surface area contributed by atoms with Crippen molar-refractivity contribution in [2.45, 2.75) is 6.92 Å². The molecule has 122 valence electrons. The molecule has 0 amide bonds. The Balaban J connectivity index is 1.68. The molecule has 0 aliphatic rings. The lowest BCUT2D eigenvalue weighted by Crippen LogP contribution is -2.08. The first-order chi connectivity index (χ1) is 11.6. The molecule has 3 rings (SSSR count). The van der Waals surface area contributed by atoms with Crippen LogP contribution < -0.4 is 10.3 Å². The van der Waals surface area contributed by atoms with E-state index in [0.717, 1.165) is 16.8 Å². The number of aryl methyl sites for hydroxylation is 1. The fourth-order valence-electron chi connectivity index (χ4n) is 2.10. The molecule has 0 radical (unpaired) electrons. The quantitative estimate of drug-likeness (QED) is 0.577. The van der Waals surface area contributed by atoms with Gasteiger partial charge < -0.3 is 4.90 Å². The second-order valence-corrected chi connectivity index (χ2v) is 5.58. The van der Waals surface area contributed by atoms with Crippen LogP contribution in [0.5, 0.6) is 0 Å². The molecule has 7 nitrogen and oxygen atoms in total. The molecule has 0 spiro atoms. The standard InChI is InChI=1S/C17H19N7/c1-13-9-21-24(11-13)17-8-16(18-12-19-17)22-20-10-14-4-6-15(7-5-14)23(2)3/h4-12H,1-3H3,(H,18,19,22). The van der Waals surface area contributed by atoms with E-state index < -0.39 is 0 Å². The van der Waals surface area contributed by atoms with E-state index in [-0.39, 0.29) is 0 Å². The lowest BCUT2D eigenvalue weighted by Gasteiger charge is -2.11. The smallest absolute Gasteiger partial charge is 0.158 e. The first kappa shape index (κ1) is 15.7. The predicted molar refractivity (Wildman–Crippen MR) is 95.9 cm³/mol. The number of aromatic nitrogens is 4. The second-order valence-electron chi connectivity index (χ2n) is 5.58. The Morgan fingerprint density at radius 2 is 1.96 bits per heavy atom. The molecule has 0 unspecified atom stereocenters. The number of anilines is 2. The summed E-state index contributed by atoms with van der Waals surface area (Å²) in [5.41, 5.74) is 6.14. The Hall–Kier alpha value is -3.22. The van der Waals surface area contributed by atoms with Crippen LogP contribution in [-0.4, -0.2) is 40.1 Å². The molecular weight excluding hydrogens is 302 g/mol. The van der Waals surface area contributed by atoms with E-state index in [1.165, 1.54) is 6.33 Å². The van der Waals surface area contributed by atoms with Gasteiger partial charge in [-0.2, -0.15) is 10.2 Å². The summed E-state index contributed by atoms with van der Waals surface area (Å²) in [7, 11) is 4.02. The van der Waals surface area contributed by atoms with E-state index in [4.69, 9.17) is 0 Å². The van der Waals surface area contributed by atoms with E-state index >= 15 is 0 Å². The lowest BCUT2D eigenvalue weighted by molar-refractivity contribution is 0.839. The minimum atomic E-state index is 0.606. The monoisotopic (exact) mass is 321 g/mol. The minimum absolute atomic E-state index is 0.606. The Bertz CT molecular complexity index is 834. The van der Waals surface area contributed by atoms with Gasteiger partial charge in [-0.25, -0.2) is 14.6 Å². The third-order valence-corrected chi connectivity index (χ3v) is 3.40. The number of hydrogen-bond donors (Lipinski definition) is 1. The van der Waals surface area contributed by atoms with Crippen LogP contribution in [0.3, 0.4) is 0 Å². The number of rotatable bonds is 5. The zero-order chi connectivity index (χ0) is 16.9. The Morgan fingerprint density at radius 3 is 2.62 bits per heavy atom.